The van der Waals surface area contributed by atoms with Gasteiger partial charge in [-0.25, -0.2) is 14.0 Å². The first-order chi connectivity index (χ1) is 24.0. The van der Waals surface area contributed by atoms with Crippen molar-refractivity contribution in [2.24, 2.45) is 0 Å². The monoisotopic (exact) mass is 743 g/mol. The third-order valence-corrected chi connectivity index (χ3v) is 13.0. The number of thioether (sulfide) groups is 1. The zero-order chi connectivity index (χ0) is 35.3. The molecule has 3 aliphatic heterocycles. The lowest BCUT2D eigenvalue weighted by Gasteiger charge is -2.49. The molecule has 2 aromatic heterocycles. The Hall–Kier alpha value is -4.06. The second-order valence-corrected chi connectivity index (χ2v) is 16.4. The summed E-state index contributed by atoms with van der Waals surface area (Å²) >= 11 is 2.78. The highest BCUT2D eigenvalue weighted by atomic mass is 32.2. The molecule has 3 atom stereocenters. The van der Waals surface area contributed by atoms with Gasteiger partial charge in [-0.15, -0.1) is 23.1 Å². The standard InChI is InChI=1S/C33H34FN5O8S3/c34-23-13-21-24(38(19-3-4-19)15-22(29(21)41)32(43)44)14-25(23)37-7-5-36(6-8-37)9-11-50(47)17-18-16-49-31-27(30(42)39(31)28(18)33(45)46)35-26(40)12-20-2-1-10-48-20/h1-2,10,13-15,19,27,31H,3-9,11-12,16-17H2,(H,35,40)(H,43,44)(H,45,46)/t27-,31-,50?/m1/s1. The molecule has 1 unspecified atom stereocenters. The van der Waals surface area contributed by atoms with Gasteiger partial charge in [0.1, 0.15) is 28.5 Å². The zero-order valence-electron chi connectivity index (χ0n) is 26.7. The molecule has 1 saturated carbocycles. The van der Waals surface area contributed by atoms with Gasteiger partial charge in [-0.05, 0) is 42.0 Å². The largest absolute Gasteiger partial charge is 0.477 e. The van der Waals surface area contributed by atoms with Crippen molar-refractivity contribution in [3.05, 3.63) is 73.6 Å². The lowest BCUT2D eigenvalue weighted by molar-refractivity contribution is -0.150. The number of fused-ring (bicyclic) bond motifs is 2. The third kappa shape index (κ3) is 6.70. The molecule has 1 aliphatic carbocycles. The summed E-state index contributed by atoms with van der Waals surface area (Å²) < 4.78 is 30.3. The number of hydrogen-bond donors (Lipinski definition) is 3. The van der Waals surface area contributed by atoms with Crippen LogP contribution in [0.4, 0.5) is 10.1 Å². The smallest absolute Gasteiger partial charge is 0.352 e. The molecular weight excluding hydrogens is 710 g/mol. The van der Waals surface area contributed by atoms with Crippen LogP contribution >= 0.6 is 23.1 Å². The zero-order valence-corrected chi connectivity index (χ0v) is 29.2. The Morgan fingerprint density at radius 2 is 1.82 bits per heavy atom. The molecule has 3 N–H and O–H groups in total. The molecule has 17 heteroatoms. The first kappa shape index (κ1) is 34.4. The van der Waals surface area contributed by atoms with Gasteiger partial charge >= 0.3 is 11.9 Å². The number of pyridine rings is 1. The number of carboxylic acids is 2. The number of nitrogens with zero attached hydrogens (tertiary/aromatic N) is 4. The Bertz CT molecular complexity index is 2010. The fourth-order valence-corrected chi connectivity index (χ4v) is 10.1. The maximum Gasteiger partial charge on any atom is 0.352 e. The maximum atomic E-state index is 15.4. The number of aliphatic carboxylic acids is 1. The molecule has 264 valence electrons. The minimum Gasteiger partial charge on any atom is -0.477 e. The van der Waals surface area contributed by atoms with Gasteiger partial charge in [0.25, 0.3) is 5.91 Å². The van der Waals surface area contributed by atoms with Gasteiger partial charge in [0.2, 0.25) is 11.3 Å². The van der Waals surface area contributed by atoms with Gasteiger partial charge in [0.05, 0.1) is 17.6 Å². The van der Waals surface area contributed by atoms with Crippen LogP contribution in [0.15, 0.2) is 51.9 Å². The van der Waals surface area contributed by atoms with Crippen molar-refractivity contribution >= 4 is 74.2 Å². The van der Waals surface area contributed by atoms with Crippen molar-refractivity contribution in [2.75, 3.05) is 54.9 Å². The van der Waals surface area contributed by atoms with Crippen LogP contribution in [0.3, 0.4) is 0 Å². The van der Waals surface area contributed by atoms with Gasteiger partial charge in [0.15, 0.2) is 0 Å². The molecule has 2 amide bonds. The number of benzene rings is 1. The van der Waals surface area contributed by atoms with Crippen molar-refractivity contribution in [3.8, 4) is 0 Å². The number of carboxylic acid groups (broad SMARTS) is 2. The van der Waals surface area contributed by atoms with Gasteiger partial charge < -0.3 is 25.0 Å². The Morgan fingerprint density at radius 3 is 2.48 bits per heavy atom. The van der Waals surface area contributed by atoms with Crippen LogP contribution in [0.25, 0.3) is 10.9 Å². The summed E-state index contributed by atoms with van der Waals surface area (Å²) in [7, 11) is -1.41. The van der Waals surface area contributed by atoms with Crippen LogP contribution in [-0.4, -0.2) is 114 Å². The van der Waals surface area contributed by atoms with Crippen LogP contribution in [-0.2, 0) is 31.6 Å². The number of hydrogen-bond acceptors (Lipinski definition) is 10. The Morgan fingerprint density at radius 1 is 1.06 bits per heavy atom. The van der Waals surface area contributed by atoms with Gasteiger partial charge in [0, 0.05) is 83.3 Å². The molecule has 7 rings (SSSR count). The van der Waals surface area contributed by atoms with Crippen LogP contribution in [0.1, 0.15) is 34.1 Å². The normalized spacial score (nSPS) is 21.6. The predicted octanol–water partition coefficient (Wildman–Crippen LogP) is 2.09. The number of aromatic carboxylic acids is 1. The van der Waals surface area contributed by atoms with Crippen molar-refractivity contribution in [1.82, 2.24) is 19.7 Å². The highest BCUT2D eigenvalue weighted by Gasteiger charge is 2.54. The molecule has 13 nitrogen and oxygen atoms in total. The van der Waals surface area contributed by atoms with E-state index in [4.69, 9.17) is 0 Å². The van der Waals surface area contributed by atoms with E-state index in [0.29, 0.717) is 49.5 Å². The summed E-state index contributed by atoms with van der Waals surface area (Å²) in [4.78, 5) is 68.2. The number of amides is 2. The minimum absolute atomic E-state index is 0.00902. The number of β-lactam (4-membered cyclic amide) rings is 1. The molecule has 0 bridgehead atoms. The van der Waals surface area contributed by atoms with Crippen molar-refractivity contribution in [2.45, 2.75) is 36.7 Å². The molecule has 0 radical (unpaired) electrons. The van der Waals surface area contributed by atoms with Crippen molar-refractivity contribution in [1.29, 1.82) is 0 Å². The van der Waals surface area contributed by atoms with Gasteiger partial charge in [-0.2, -0.15) is 0 Å². The number of anilines is 1. The Labute approximate surface area is 296 Å². The molecule has 0 spiro atoms. The van der Waals surface area contributed by atoms with E-state index in [-0.39, 0.29) is 52.3 Å². The highest BCUT2D eigenvalue weighted by Crippen LogP contribution is 2.41. The van der Waals surface area contributed by atoms with E-state index >= 15 is 4.39 Å². The number of carbonyl (C=O) groups is 4. The molecule has 50 heavy (non-hydrogen) atoms. The average Bonchev–Trinajstić information content (AvgIpc) is 3.81. The van der Waals surface area contributed by atoms with Gasteiger partial charge in [-0.3, -0.25) is 28.4 Å². The Balaban J connectivity index is 0.946. The second-order valence-electron chi connectivity index (χ2n) is 12.7. The molecule has 2 saturated heterocycles. The number of piperazine rings is 1. The first-order valence-corrected chi connectivity index (χ1v) is 19.6. The second kappa shape index (κ2) is 13.9. The van der Waals surface area contributed by atoms with E-state index in [1.165, 1.54) is 34.2 Å². The summed E-state index contributed by atoms with van der Waals surface area (Å²) in [5.41, 5.74) is 0.0222. The third-order valence-electron chi connectivity index (χ3n) is 9.44. The summed E-state index contributed by atoms with van der Waals surface area (Å²) in [5.74, 6) is -3.45. The lowest BCUT2D eigenvalue weighted by atomic mass is 10.0. The first-order valence-electron chi connectivity index (χ1n) is 16.2. The summed E-state index contributed by atoms with van der Waals surface area (Å²) in [5, 5.41) is 23.6. The minimum atomic E-state index is -1.41. The molecule has 3 aromatic rings. The van der Waals surface area contributed by atoms with E-state index in [1.807, 2.05) is 22.4 Å². The Kier molecular flexibility index (Phi) is 9.58. The summed E-state index contributed by atoms with van der Waals surface area (Å²) in [6.45, 7) is 2.55. The fraction of sp³-hybridized carbons (Fsp3) is 0.424. The van der Waals surface area contributed by atoms with E-state index < -0.39 is 51.3 Å². The maximum absolute atomic E-state index is 15.4. The number of aromatic nitrogens is 1. The molecular formula is C33H34FN5O8S3. The molecule has 4 aliphatic rings. The van der Waals surface area contributed by atoms with E-state index in [2.05, 4.69) is 10.2 Å². The highest BCUT2D eigenvalue weighted by molar-refractivity contribution is 8.00. The van der Waals surface area contributed by atoms with Crippen LogP contribution in [0.5, 0.6) is 0 Å². The van der Waals surface area contributed by atoms with Crippen molar-refractivity contribution in [3.63, 3.8) is 0 Å². The topological polar surface area (TPSA) is 170 Å². The summed E-state index contributed by atoms with van der Waals surface area (Å²) in [6, 6.07) is 5.69. The number of nitrogens with one attached hydrogen (secondary N) is 1. The molecule has 1 aromatic carbocycles. The number of rotatable bonds is 12. The predicted molar refractivity (Wildman–Crippen MR) is 188 cm³/mol. The summed E-state index contributed by atoms with van der Waals surface area (Å²) in [6.07, 6.45) is 3.20. The molecule has 3 fully saturated rings. The van der Waals surface area contributed by atoms with Crippen molar-refractivity contribution < 1.29 is 38.0 Å². The number of carbonyl (C=O) groups excluding carboxylic acids is 2. The fourth-order valence-electron chi connectivity index (χ4n) is 6.71. The van der Waals surface area contributed by atoms with Crippen LogP contribution in [0.2, 0.25) is 0 Å². The van der Waals surface area contributed by atoms with Crippen LogP contribution in [0, 0.1) is 5.82 Å². The number of thiophene rings is 1. The van der Waals surface area contributed by atoms with Gasteiger partial charge in [-0.1, -0.05) is 6.07 Å². The quantitative estimate of drug-likeness (QED) is 0.232. The molecule has 5 heterocycles. The van der Waals surface area contributed by atoms with E-state index in [1.54, 1.807) is 10.6 Å². The lowest BCUT2D eigenvalue weighted by Crippen LogP contribution is -2.70. The number of halogens is 1. The van der Waals surface area contributed by atoms with E-state index in [9.17, 15) is 38.4 Å². The van der Waals surface area contributed by atoms with E-state index in [0.717, 1.165) is 23.8 Å². The average molecular weight is 744 g/mol. The van der Waals surface area contributed by atoms with Crippen LogP contribution < -0.4 is 15.6 Å². The SMILES string of the molecule is O=C(Cc1cccs1)N[C@@H]1C(=O)N2C(C(=O)O)=C(CS(=O)CCN3CCN(c4cc5c(cc4F)c(=O)c(C(=O)O)cn5C4CC4)CC3)CS[C@H]12.